The van der Waals surface area contributed by atoms with Gasteiger partial charge in [-0.3, -0.25) is 0 Å². The summed E-state index contributed by atoms with van der Waals surface area (Å²) in [5.74, 6) is 0.719. The second-order valence-corrected chi connectivity index (χ2v) is 24.9. The van der Waals surface area contributed by atoms with Crippen molar-refractivity contribution >= 4 is 34.3 Å². The molecule has 0 fully saturated rings. The Hall–Kier alpha value is -7.98. The van der Waals surface area contributed by atoms with Crippen LogP contribution in [0, 0.1) is 25.7 Å². The molecule has 0 radical (unpaired) electrons. The summed E-state index contributed by atoms with van der Waals surface area (Å²) < 4.78 is 106. The molecule has 83 heavy (non-hydrogen) atoms. The van der Waals surface area contributed by atoms with Gasteiger partial charge in [0.1, 0.15) is 5.82 Å². The SMILES string of the molecule is [2H]c1c([2H])c([2H])c(-c2c[c-]c(Oc3[c-]c(N4[CH-]N(c5c(-c6cc(C(C)(C)C)cc(C(C)(C)C)c6)cccc5-c5c([2H])c([2H])c([2H])c(-c6ccccc6)c5[2H])c5ccccc54)ccc3)cc2)c(Nc2cc(C([2H])([2H])[2H])c(-c3cccc4c3C(C)(C)CCC4(C)C)cn2)c1[2H].[Pt]. The van der Waals surface area contributed by atoms with Crippen molar-refractivity contribution in [2.24, 2.45) is 0 Å². The van der Waals surface area contributed by atoms with Crippen LogP contribution in [0.4, 0.5) is 34.3 Å². The molecule has 0 saturated carbocycles. The van der Waals surface area contributed by atoms with Crippen LogP contribution in [-0.4, -0.2) is 4.98 Å². The van der Waals surface area contributed by atoms with Gasteiger partial charge in [-0.15, -0.1) is 48.3 Å². The number of aromatic nitrogens is 1. The first kappa shape index (κ1) is 44.6. The number of fused-ring (bicyclic) bond motifs is 2. The van der Waals surface area contributed by atoms with Crippen LogP contribution in [-0.2, 0) is 42.7 Å². The quantitative estimate of drug-likeness (QED) is 0.131. The Kier molecular flexibility index (Phi) is 12.0. The molecule has 1 N–H and O–H groups in total. The van der Waals surface area contributed by atoms with E-state index in [4.69, 9.17) is 19.3 Å². The Balaban J connectivity index is 0.00000901. The Labute approximate surface area is 523 Å². The van der Waals surface area contributed by atoms with Crippen molar-refractivity contribution in [2.75, 3.05) is 15.1 Å². The molecule has 1 aromatic heterocycles. The minimum Gasteiger partial charge on any atom is -0.509 e. The van der Waals surface area contributed by atoms with Crippen LogP contribution in [0.2, 0.25) is 0 Å². The van der Waals surface area contributed by atoms with Gasteiger partial charge in [0.25, 0.3) is 0 Å². The predicted octanol–water partition coefficient (Wildman–Crippen LogP) is 21.2. The van der Waals surface area contributed by atoms with E-state index in [1.165, 1.54) is 11.6 Å². The van der Waals surface area contributed by atoms with Crippen molar-refractivity contribution in [3.63, 3.8) is 0 Å². The van der Waals surface area contributed by atoms with E-state index in [0.29, 0.717) is 39.4 Å². The zero-order valence-electron chi connectivity index (χ0n) is 59.6. The van der Waals surface area contributed by atoms with Crippen LogP contribution in [0.15, 0.2) is 206 Å². The third-order valence-electron chi connectivity index (χ3n) is 16.1. The van der Waals surface area contributed by atoms with E-state index in [9.17, 15) is 5.48 Å². The van der Waals surface area contributed by atoms with E-state index >= 15 is 0 Å². The molecule has 5 nitrogen and oxygen atoms in total. The summed E-state index contributed by atoms with van der Waals surface area (Å²) >= 11 is 0. The van der Waals surface area contributed by atoms with Gasteiger partial charge in [0.2, 0.25) is 0 Å². The van der Waals surface area contributed by atoms with Crippen LogP contribution < -0.4 is 19.9 Å². The fraction of sp³-hybridized carbons (Fsp3) is 0.221. The Bertz CT molecular complexity index is 4580. The number of nitrogens with one attached hydrogen (secondary N) is 1. The first-order valence-corrected chi connectivity index (χ1v) is 28.1. The molecule has 0 spiro atoms. The molecule has 10 aromatic rings. The summed E-state index contributed by atoms with van der Waals surface area (Å²) in [6, 6.07) is 52.1. The molecule has 1 aliphatic carbocycles. The molecule has 12 rings (SSSR count). The minimum atomic E-state index is -2.57. The van der Waals surface area contributed by atoms with Gasteiger partial charge in [-0.25, -0.2) is 4.98 Å². The summed E-state index contributed by atoms with van der Waals surface area (Å²) in [6.07, 6.45) is 3.46. The normalized spacial score (nSPS) is 16.4. The maximum atomic E-state index is 9.90. The number of benzene rings is 9. The van der Waals surface area contributed by atoms with E-state index in [1.807, 2.05) is 103 Å². The molecule has 0 saturated heterocycles. The topological polar surface area (TPSA) is 40.6 Å². The van der Waals surface area contributed by atoms with Gasteiger partial charge in [-0.05, 0) is 127 Å². The monoisotopic (exact) mass is 1280 g/mol. The molecule has 9 aromatic carbocycles. The number of nitrogens with zero attached hydrogens (tertiary/aromatic N) is 3. The number of para-hydroxylation sites is 4. The molecule has 6 heteroatoms. The van der Waals surface area contributed by atoms with Crippen molar-refractivity contribution in [1.29, 1.82) is 0 Å². The van der Waals surface area contributed by atoms with Gasteiger partial charge in [-0.2, -0.15) is 18.2 Å². The fourth-order valence-electron chi connectivity index (χ4n) is 11.4. The van der Waals surface area contributed by atoms with Crippen LogP contribution >= 0.6 is 0 Å². The summed E-state index contributed by atoms with van der Waals surface area (Å²) in [4.78, 5) is 8.82. The van der Waals surface area contributed by atoms with Crippen LogP contribution in [0.1, 0.15) is 125 Å². The number of pyridine rings is 1. The fourth-order valence-corrected chi connectivity index (χ4v) is 11.4. The number of rotatable bonds is 11. The maximum absolute atomic E-state index is 9.90. The standard InChI is InChI=1S/C77H73N4O.Pt/c1-51-43-71(78-49-66(51)65-32-22-33-67-72(65)77(10,11)42-41-76(67,8)9)79-68-34-16-15-29-62(68)53-37-39-60(40-38-53)82-61-28-20-27-59(48-61)80-50-81(70-36-18-17-35-69(70)80)73-63(55-26-19-25-54(44-55)52-23-13-12-14-24-52)30-21-31-64(73)56-45-57(74(2,3)4)47-58(46-56)75(5,6)7;/h12-39,43-47,49-50H,41-42H2,1-11H3,(H,78,79);/q-3;/i1D3,15D,16D,19D,25D,26D,29D,34D,44D;. The summed E-state index contributed by atoms with van der Waals surface area (Å²) in [5.41, 5.74) is 11.9. The molecule has 0 bridgehead atoms. The van der Waals surface area contributed by atoms with Gasteiger partial charge in [0.05, 0.1) is 11.0 Å². The van der Waals surface area contributed by atoms with Crippen molar-refractivity contribution in [3.05, 3.63) is 253 Å². The van der Waals surface area contributed by atoms with Crippen LogP contribution in [0.25, 0.3) is 55.6 Å². The third kappa shape index (κ3) is 11.3. The van der Waals surface area contributed by atoms with E-state index in [2.05, 4.69) is 122 Å². The second-order valence-electron chi connectivity index (χ2n) is 24.9. The number of ether oxygens (including phenoxy) is 1. The average Bonchev–Trinajstić information content (AvgIpc) is 1.00. The molecular formula is C77H73N4OPt-3. The van der Waals surface area contributed by atoms with E-state index in [-0.39, 0.29) is 118 Å². The van der Waals surface area contributed by atoms with E-state index in [0.717, 1.165) is 57.6 Å². The molecule has 2 aliphatic rings. The first-order valence-electron chi connectivity index (χ1n) is 33.6. The van der Waals surface area contributed by atoms with Gasteiger partial charge in [0, 0.05) is 82.3 Å². The molecule has 0 atom stereocenters. The predicted molar refractivity (Wildman–Crippen MR) is 344 cm³/mol. The Morgan fingerprint density at radius 3 is 1.98 bits per heavy atom. The van der Waals surface area contributed by atoms with Crippen molar-refractivity contribution in [2.45, 2.75) is 111 Å². The number of hydrogen-bond acceptors (Lipinski definition) is 5. The molecule has 0 amide bonds. The smallest absolute Gasteiger partial charge is 0.130 e. The van der Waals surface area contributed by atoms with Crippen molar-refractivity contribution in [3.8, 4) is 67.1 Å². The molecule has 2 heterocycles. The van der Waals surface area contributed by atoms with Crippen LogP contribution in [0.5, 0.6) is 11.5 Å². The second kappa shape index (κ2) is 22.3. The zero-order valence-corrected chi connectivity index (χ0v) is 50.8. The molecule has 420 valence electrons. The zero-order chi connectivity index (χ0) is 66.6. The van der Waals surface area contributed by atoms with Gasteiger partial charge in [-0.1, -0.05) is 208 Å². The minimum absolute atomic E-state index is 0. The van der Waals surface area contributed by atoms with E-state index < -0.39 is 18.9 Å². The third-order valence-corrected chi connectivity index (χ3v) is 16.1. The Morgan fingerprint density at radius 2 is 1.25 bits per heavy atom. The van der Waals surface area contributed by atoms with Crippen molar-refractivity contribution < 1.29 is 40.9 Å². The number of aryl methyl sites for hydroxylation is 1. The molecular weight excluding hydrogens is 1190 g/mol. The number of anilines is 6. The van der Waals surface area contributed by atoms with Gasteiger partial charge < -0.3 is 19.9 Å². The summed E-state index contributed by atoms with van der Waals surface area (Å²) in [5, 5.41) is 3.13. The summed E-state index contributed by atoms with van der Waals surface area (Å²) in [7, 11) is 0. The van der Waals surface area contributed by atoms with Crippen LogP contribution in [0.3, 0.4) is 0 Å². The first-order chi connectivity index (χ1) is 43.8. The van der Waals surface area contributed by atoms with Gasteiger partial charge >= 0.3 is 0 Å². The largest absolute Gasteiger partial charge is 0.509 e. The average molecular weight is 1280 g/mol. The van der Waals surface area contributed by atoms with Crippen molar-refractivity contribution in [1.82, 2.24) is 4.98 Å². The Morgan fingerprint density at radius 1 is 0.590 bits per heavy atom. The number of hydrogen-bond donors (Lipinski definition) is 1. The summed E-state index contributed by atoms with van der Waals surface area (Å²) in [6.45, 7) is 21.4. The maximum Gasteiger partial charge on any atom is 0.130 e. The molecule has 1 aliphatic heterocycles. The van der Waals surface area contributed by atoms with E-state index in [1.54, 1.807) is 30.5 Å². The molecule has 0 unspecified atom stereocenters. The van der Waals surface area contributed by atoms with Gasteiger partial charge in [0.15, 0.2) is 0 Å².